The first kappa shape index (κ1) is 19.8. The van der Waals surface area contributed by atoms with E-state index in [0.29, 0.717) is 17.0 Å². The van der Waals surface area contributed by atoms with Crippen LogP contribution in [0.15, 0.2) is 24.3 Å². The minimum Gasteiger partial charge on any atom is -0.369 e. The third kappa shape index (κ3) is 3.01. The van der Waals surface area contributed by atoms with E-state index < -0.39 is 5.41 Å². The lowest BCUT2D eigenvalue weighted by atomic mass is 9.80. The van der Waals surface area contributed by atoms with E-state index in [-0.39, 0.29) is 29.7 Å². The normalized spacial score (nSPS) is 25.4. The minimum atomic E-state index is -0.643. The summed E-state index contributed by atoms with van der Waals surface area (Å²) >= 11 is 1.42. The lowest BCUT2D eigenvalue weighted by Gasteiger charge is -2.37. The number of nitrogens with zero attached hydrogens (tertiary/aromatic N) is 3. The first-order valence-electron chi connectivity index (χ1n) is 9.89. The fourth-order valence-corrected chi connectivity index (χ4v) is 5.78. The lowest BCUT2D eigenvalue weighted by molar-refractivity contribution is -0.128. The number of fused-ring (bicyclic) bond motifs is 2. The summed E-state index contributed by atoms with van der Waals surface area (Å²) in [6.07, 6.45) is 2.12. The second kappa shape index (κ2) is 7.09. The monoisotopic (exact) mass is 416 g/mol. The number of piperidine rings is 1. The van der Waals surface area contributed by atoms with E-state index in [1.807, 2.05) is 25.8 Å². The summed E-state index contributed by atoms with van der Waals surface area (Å²) in [5.74, 6) is -0.839. The van der Waals surface area contributed by atoms with Crippen molar-refractivity contribution in [1.29, 1.82) is 0 Å². The quantitative estimate of drug-likeness (QED) is 0.811. The minimum absolute atomic E-state index is 0.000113. The van der Waals surface area contributed by atoms with Crippen molar-refractivity contribution < 1.29 is 14.0 Å². The van der Waals surface area contributed by atoms with Crippen molar-refractivity contribution in [1.82, 2.24) is 9.88 Å². The van der Waals surface area contributed by atoms with E-state index in [0.717, 1.165) is 30.1 Å². The van der Waals surface area contributed by atoms with Crippen LogP contribution in [0.1, 0.15) is 43.6 Å². The van der Waals surface area contributed by atoms with Crippen LogP contribution in [0.5, 0.6) is 0 Å². The molecule has 2 aromatic rings. The summed E-state index contributed by atoms with van der Waals surface area (Å²) < 4.78 is 13.4. The van der Waals surface area contributed by atoms with Crippen LogP contribution in [0.2, 0.25) is 0 Å². The highest BCUT2D eigenvalue weighted by molar-refractivity contribution is 7.19. The molecule has 0 radical (unpaired) electrons. The molecule has 2 N–H and O–H groups in total. The average Bonchev–Trinajstić information content (AvgIpc) is 3.40. The van der Waals surface area contributed by atoms with Crippen LogP contribution in [-0.2, 0) is 4.79 Å². The number of amides is 2. The number of likely N-dealkylation sites (tertiary alicyclic amines) is 1. The van der Waals surface area contributed by atoms with Gasteiger partial charge in [-0.15, -0.1) is 0 Å². The molecule has 1 saturated carbocycles. The molecule has 0 spiro atoms. The molecule has 2 aliphatic rings. The van der Waals surface area contributed by atoms with Gasteiger partial charge in [-0.1, -0.05) is 23.5 Å². The number of thiazole rings is 1. The number of primary amides is 1. The van der Waals surface area contributed by atoms with Gasteiger partial charge in [-0.2, -0.15) is 0 Å². The summed E-state index contributed by atoms with van der Waals surface area (Å²) in [6, 6.07) is 5.84. The predicted molar refractivity (Wildman–Crippen MR) is 111 cm³/mol. The van der Waals surface area contributed by atoms with Crippen molar-refractivity contribution in [2.24, 2.45) is 11.1 Å². The number of benzene rings is 1. The highest BCUT2D eigenvalue weighted by Crippen LogP contribution is 2.52. The Kier molecular flexibility index (Phi) is 4.85. The first-order chi connectivity index (χ1) is 13.8. The zero-order valence-corrected chi connectivity index (χ0v) is 17.6. The number of nitrogens with two attached hydrogens (primary N) is 1. The average molecular weight is 417 g/mol. The lowest BCUT2D eigenvalue weighted by Crippen LogP contribution is -2.51. The second-order valence-electron chi connectivity index (χ2n) is 8.00. The van der Waals surface area contributed by atoms with E-state index in [9.17, 15) is 14.0 Å². The van der Waals surface area contributed by atoms with E-state index in [1.54, 1.807) is 17.0 Å². The molecule has 8 heteroatoms. The van der Waals surface area contributed by atoms with Crippen LogP contribution in [0, 0.1) is 11.2 Å². The van der Waals surface area contributed by atoms with Gasteiger partial charge in [0.05, 0.1) is 10.3 Å². The molecular formula is C21H25FN4O2S. The highest BCUT2D eigenvalue weighted by Gasteiger charge is 2.60. The van der Waals surface area contributed by atoms with Crippen LogP contribution in [0.4, 0.5) is 9.52 Å². The third-order valence-electron chi connectivity index (χ3n) is 6.58. The van der Waals surface area contributed by atoms with Crippen LogP contribution in [-0.4, -0.2) is 47.4 Å². The summed E-state index contributed by atoms with van der Waals surface area (Å²) in [6.45, 7) is 4.67. The Morgan fingerprint density at radius 1 is 1.38 bits per heavy atom. The van der Waals surface area contributed by atoms with Gasteiger partial charge in [-0.25, -0.2) is 9.37 Å². The maximum atomic E-state index is 13.6. The largest absolute Gasteiger partial charge is 0.369 e. The molecule has 0 unspecified atom stereocenters. The molecule has 1 aliphatic carbocycles. The first-order valence-corrected chi connectivity index (χ1v) is 10.7. The Hall–Kier alpha value is -2.48. The fraction of sp³-hybridized carbons (Fsp3) is 0.476. The maximum Gasteiger partial charge on any atom is 0.274 e. The Morgan fingerprint density at radius 2 is 2.07 bits per heavy atom. The number of hydrogen-bond donors (Lipinski definition) is 1. The van der Waals surface area contributed by atoms with Crippen LogP contribution in [0.3, 0.4) is 0 Å². The zero-order chi connectivity index (χ0) is 20.9. The van der Waals surface area contributed by atoms with Gasteiger partial charge in [0.2, 0.25) is 5.91 Å². The number of anilines is 1. The van der Waals surface area contributed by atoms with Gasteiger partial charge in [0.1, 0.15) is 11.5 Å². The van der Waals surface area contributed by atoms with Gasteiger partial charge in [0, 0.05) is 25.7 Å². The van der Waals surface area contributed by atoms with Crippen molar-refractivity contribution in [2.45, 2.75) is 45.2 Å². The molecule has 1 aliphatic heterocycles. The third-order valence-corrected chi connectivity index (χ3v) is 7.80. The molecule has 2 amide bonds. The van der Waals surface area contributed by atoms with E-state index in [2.05, 4.69) is 4.98 Å². The molecule has 4 rings (SSSR count). The topological polar surface area (TPSA) is 79.5 Å². The summed E-state index contributed by atoms with van der Waals surface area (Å²) in [5.41, 5.74) is 6.19. The SMILES string of the molecule is CCN(C)c1nc(C(=O)N2[C@H]3CC[C@@](C(N)=O)(C3)[C@H]2C)c(-c2ccc(F)cc2)s1. The molecular weight excluding hydrogens is 391 g/mol. The van der Waals surface area contributed by atoms with E-state index in [4.69, 9.17) is 5.73 Å². The molecule has 1 aromatic heterocycles. The van der Waals surface area contributed by atoms with E-state index in [1.165, 1.54) is 23.5 Å². The van der Waals surface area contributed by atoms with Crippen molar-refractivity contribution in [3.63, 3.8) is 0 Å². The molecule has 29 heavy (non-hydrogen) atoms. The summed E-state index contributed by atoms with van der Waals surface area (Å²) in [5, 5.41) is 0.733. The molecule has 3 atom stereocenters. The van der Waals surface area contributed by atoms with Gasteiger partial charge in [0.25, 0.3) is 5.91 Å². The molecule has 2 bridgehead atoms. The molecule has 1 saturated heterocycles. The van der Waals surface area contributed by atoms with Crippen molar-refractivity contribution >= 4 is 28.3 Å². The zero-order valence-electron chi connectivity index (χ0n) is 16.8. The number of carbonyl (C=O) groups excluding carboxylic acids is 2. The molecule has 1 aromatic carbocycles. The van der Waals surface area contributed by atoms with Crippen LogP contribution < -0.4 is 10.6 Å². The van der Waals surface area contributed by atoms with E-state index >= 15 is 0 Å². The van der Waals surface area contributed by atoms with Crippen LogP contribution in [0.25, 0.3) is 10.4 Å². The number of carbonyl (C=O) groups is 2. The smallest absolute Gasteiger partial charge is 0.274 e. The number of hydrogen-bond acceptors (Lipinski definition) is 5. The molecule has 154 valence electrons. The Balaban J connectivity index is 1.76. The molecule has 2 heterocycles. The predicted octanol–water partition coefficient (Wildman–Crippen LogP) is 3.27. The van der Waals surface area contributed by atoms with Crippen molar-refractivity contribution in [2.75, 3.05) is 18.5 Å². The Bertz CT molecular complexity index is 960. The molecule has 6 nitrogen and oxygen atoms in total. The van der Waals surface area contributed by atoms with Gasteiger partial charge < -0.3 is 15.5 Å². The van der Waals surface area contributed by atoms with Gasteiger partial charge >= 0.3 is 0 Å². The van der Waals surface area contributed by atoms with Gasteiger partial charge in [-0.05, 0) is 50.8 Å². The summed E-state index contributed by atoms with van der Waals surface area (Å²) in [7, 11) is 1.92. The maximum absolute atomic E-state index is 13.6. The standard InChI is InChI=1S/C21H25FN4O2S/c1-4-25(3)20-24-16(17(29-20)13-5-7-14(22)8-6-13)18(27)26-12(2)21(19(23)28)10-9-15(26)11-21/h5-8,12,15H,4,9-11H2,1-3H3,(H2,23,28)/t12-,15+,21-/m1/s1. The number of halogens is 1. The van der Waals surface area contributed by atoms with Crippen molar-refractivity contribution in [3.8, 4) is 10.4 Å². The molecule has 2 fully saturated rings. The fourth-order valence-electron chi connectivity index (χ4n) is 4.69. The Labute approximate surface area is 173 Å². The van der Waals surface area contributed by atoms with Crippen molar-refractivity contribution in [3.05, 3.63) is 35.8 Å². The summed E-state index contributed by atoms with van der Waals surface area (Å²) in [4.78, 5) is 34.9. The second-order valence-corrected chi connectivity index (χ2v) is 8.98. The number of aromatic nitrogens is 1. The van der Waals surface area contributed by atoms with Gasteiger partial charge in [0.15, 0.2) is 5.13 Å². The highest BCUT2D eigenvalue weighted by atomic mass is 32.1. The Morgan fingerprint density at radius 3 is 2.66 bits per heavy atom. The number of rotatable bonds is 5. The van der Waals surface area contributed by atoms with Gasteiger partial charge in [-0.3, -0.25) is 9.59 Å². The van der Waals surface area contributed by atoms with Crippen LogP contribution >= 0.6 is 11.3 Å².